The van der Waals surface area contributed by atoms with Crippen LogP contribution in [-0.4, -0.2) is 97.4 Å². The predicted octanol–water partition coefficient (Wildman–Crippen LogP) is 4.03. The Hall–Kier alpha value is -3.09. The van der Waals surface area contributed by atoms with Crippen LogP contribution in [0.25, 0.3) is 0 Å². The lowest BCUT2D eigenvalue weighted by molar-refractivity contribution is -0.137. The molecule has 0 aliphatic carbocycles. The molecule has 0 radical (unpaired) electrons. The van der Waals surface area contributed by atoms with Crippen LogP contribution in [0, 0.1) is 0 Å². The number of carbonyl (C=O) groups excluding carboxylic acids is 1. The fourth-order valence-electron chi connectivity index (χ4n) is 6.08. The maximum atomic E-state index is 14.0. The summed E-state index contributed by atoms with van der Waals surface area (Å²) in [7, 11) is 1.71. The standard InChI is InChI=1S/C29H36ClF3N6O3/c1-4-25(40)37-11-13-38(14-12-37)27-21-9-10-39(24-8-6-7-22(30)26(24)29(31,32)33)17-23(21)34-28(35-27)42-18-19-15-20(41-3)16-36(19)5-2/h4,6-8,19-20H,1,5,9-18H2,2-3H3/t19-,20+/m0/s1. The van der Waals surface area contributed by atoms with E-state index in [0.717, 1.165) is 25.1 Å². The predicted molar refractivity (Wildman–Crippen MR) is 154 cm³/mol. The highest BCUT2D eigenvalue weighted by molar-refractivity contribution is 6.31. The number of amides is 1. The molecule has 4 heterocycles. The van der Waals surface area contributed by atoms with E-state index >= 15 is 0 Å². The van der Waals surface area contributed by atoms with Gasteiger partial charge in [0.1, 0.15) is 12.4 Å². The number of hydrogen-bond donors (Lipinski definition) is 0. The lowest BCUT2D eigenvalue weighted by atomic mass is 10.0. The van der Waals surface area contributed by atoms with Crippen molar-refractivity contribution in [2.75, 3.05) is 69.3 Å². The van der Waals surface area contributed by atoms with Crippen molar-refractivity contribution in [2.24, 2.45) is 0 Å². The quantitative estimate of drug-likeness (QED) is 0.416. The van der Waals surface area contributed by atoms with Crippen LogP contribution in [0.4, 0.5) is 24.7 Å². The van der Waals surface area contributed by atoms with Crippen molar-refractivity contribution in [2.45, 2.75) is 44.6 Å². The number of fused-ring (bicyclic) bond motifs is 1. The second kappa shape index (κ2) is 12.6. The van der Waals surface area contributed by atoms with E-state index in [1.165, 1.54) is 24.3 Å². The zero-order valence-electron chi connectivity index (χ0n) is 23.9. The average Bonchev–Trinajstić information content (AvgIpc) is 3.40. The molecule has 2 atom stereocenters. The second-order valence-corrected chi connectivity index (χ2v) is 11.1. The molecule has 3 aliphatic rings. The number of halogens is 4. The van der Waals surface area contributed by atoms with Crippen molar-refractivity contribution in [1.29, 1.82) is 0 Å². The fraction of sp³-hybridized carbons (Fsp3) is 0.552. The van der Waals surface area contributed by atoms with E-state index in [4.69, 9.17) is 31.0 Å². The smallest absolute Gasteiger partial charge is 0.419 e. The first-order valence-electron chi connectivity index (χ1n) is 14.2. The molecule has 0 saturated carbocycles. The van der Waals surface area contributed by atoms with Crippen LogP contribution in [0.2, 0.25) is 5.02 Å². The van der Waals surface area contributed by atoms with Crippen molar-refractivity contribution in [1.82, 2.24) is 19.8 Å². The van der Waals surface area contributed by atoms with Crippen molar-refractivity contribution in [3.05, 3.63) is 52.7 Å². The van der Waals surface area contributed by atoms with Gasteiger partial charge in [0.15, 0.2) is 0 Å². The molecule has 2 aromatic rings. The van der Waals surface area contributed by atoms with Crippen LogP contribution in [0.1, 0.15) is 30.2 Å². The molecule has 1 amide bonds. The van der Waals surface area contributed by atoms with Gasteiger partial charge in [-0.05, 0) is 37.6 Å². The van der Waals surface area contributed by atoms with Gasteiger partial charge in [0.2, 0.25) is 5.91 Å². The van der Waals surface area contributed by atoms with Crippen molar-refractivity contribution in [3.8, 4) is 6.01 Å². The molecular formula is C29H36ClF3N6O3. The van der Waals surface area contributed by atoms with Gasteiger partial charge < -0.3 is 24.2 Å². The molecule has 0 unspecified atom stereocenters. The molecule has 5 rings (SSSR count). The number of rotatable bonds is 8. The molecule has 1 aromatic carbocycles. The number of likely N-dealkylation sites (N-methyl/N-ethyl adjacent to an activating group) is 1. The first-order chi connectivity index (χ1) is 20.1. The van der Waals surface area contributed by atoms with E-state index in [9.17, 15) is 18.0 Å². The molecule has 0 N–H and O–H groups in total. The Kier molecular flexibility index (Phi) is 9.14. The van der Waals surface area contributed by atoms with Gasteiger partial charge in [0.25, 0.3) is 0 Å². The van der Waals surface area contributed by atoms with Gasteiger partial charge in [0, 0.05) is 58.0 Å². The van der Waals surface area contributed by atoms with E-state index in [2.05, 4.69) is 23.3 Å². The number of alkyl halides is 3. The molecule has 1 aromatic heterocycles. The topological polar surface area (TPSA) is 74.3 Å². The number of anilines is 2. The maximum absolute atomic E-state index is 14.0. The van der Waals surface area contributed by atoms with Gasteiger partial charge in [-0.25, -0.2) is 0 Å². The highest BCUT2D eigenvalue weighted by Crippen LogP contribution is 2.43. The SMILES string of the molecule is C=CC(=O)N1CCN(c2nc(OC[C@@H]3C[C@@H](OC)CN3CC)nc3c2CCN(c2cccc(Cl)c2C(F)(F)F)C3)CC1. The molecular weight excluding hydrogens is 573 g/mol. The number of methoxy groups -OCH3 is 1. The Bertz CT molecular complexity index is 1300. The van der Waals surface area contributed by atoms with Gasteiger partial charge in [-0.15, -0.1) is 0 Å². The van der Waals surface area contributed by atoms with Crippen molar-refractivity contribution >= 4 is 29.0 Å². The molecule has 0 spiro atoms. The van der Waals surface area contributed by atoms with Crippen molar-refractivity contribution in [3.63, 3.8) is 0 Å². The third-order valence-corrected chi connectivity index (χ3v) is 8.65. The van der Waals surface area contributed by atoms with Gasteiger partial charge in [0.05, 0.1) is 34.6 Å². The number of likely N-dealkylation sites (tertiary alicyclic amines) is 1. The summed E-state index contributed by atoms with van der Waals surface area (Å²) in [6.07, 6.45) is -1.90. The molecule has 2 fully saturated rings. The highest BCUT2D eigenvalue weighted by atomic mass is 35.5. The molecule has 42 heavy (non-hydrogen) atoms. The number of hydrogen-bond acceptors (Lipinski definition) is 8. The maximum Gasteiger partial charge on any atom is 0.419 e. The molecule has 2 saturated heterocycles. The fourth-order valence-corrected chi connectivity index (χ4v) is 6.36. The third kappa shape index (κ3) is 6.30. The Morgan fingerprint density at radius 1 is 1.17 bits per heavy atom. The minimum absolute atomic E-state index is 0.0231. The molecule has 13 heteroatoms. The van der Waals surface area contributed by atoms with E-state index in [0.29, 0.717) is 57.3 Å². The zero-order valence-corrected chi connectivity index (χ0v) is 24.6. The van der Waals surface area contributed by atoms with Gasteiger partial charge >= 0.3 is 12.2 Å². The second-order valence-electron chi connectivity index (χ2n) is 10.7. The van der Waals surface area contributed by atoms with E-state index < -0.39 is 11.7 Å². The monoisotopic (exact) mass is 608 g/mol. The summed E-state index contributed by atoms with van der Waals surface area (Å²) in [4.78, 5) is 29.5. The minimum atomic E-state index is -4.60. The molecule has 0 bridgehead atoms. The first kappa shape index (κ1) is 30.4. The Labute approximate surface area is 248 Å². The number of nitrogens with zero attached hydrogens (tertiary/aromatic N) is 6. The Morgan fingerprint density at radius 3 is 2.60 bits per heavy atom. The average molecular weight is 609 g/mol. The Balaban J connectivity index is 1.44. The zero-order chi connectivity index (χ0) is 30.0. The summed E-state index contributed by atoms with van der Waals surface area (Å²) in [6, 6.07) is 4.55. The minimum Gasteiger partial charge on any atom is -0.462 e. The number of benzene rings is 1. The largest absolute Gasteiger partial charge is 0.462 e. The van der Waals surface area contributed by atoms with Gasteiger partial charge in [-0.3, -0.25) is 9.69 Å². The van der Waals surface area contributed by atoms with Crippen LogP contribution < -0.4 is 14.5 Å². The highest BCUT2D eigenvalue weighted by Gasteiger charge is 2.39. The van der Waals surface area contributed by atoms with Crippen LogP contribution in [0.3, 0.4) is 0 Å². The number of ether oxygens (including phenoxy) is 2. The lowest BCUT2D eigenvalue weighted by Gasteiger charge is -2.38. The summed E-state index contributed by atoms with van der Waals surface area (Å²) in [5.41, 5.74) is 0.674. The van der Waals surface area contributed by atoms with Crippen molar-refractivity contribution < 1.29 is 27.4 Å². The molecule has 9 nitrogen and oxygen atoms in total. The first-order valence-corrected chi connectivity index (χ1v) is 14.6. The summed E-state index contributed by atoms with van der Waals surface area (Å²) in [5.74, 6) is 0.587. The Morgan fingerprint density at radius 2 is 1.93 bits per heavy atom. The lowest BCUT2D eigenvalue weighted by Crippen LogP contribution is -2.49. The summed E-state index contributed by atoms with van der Waals surface area (Å²) < 4.78 is 53.7. The van der Waals surface area contributed by atoms with E-state index in [1.807, 2.05) is 0 Å². The van der Waals surface area contributed by atoms with E-state index in [1.54, 1.807) is 16.9 Å². The summed E-state index contributed by atoms with van der Waals surface area (Å²) in [6.45, 7) is 10.3. The third-order valence-electron chi connectivity index (χ3n) is 8.34. The van der Waals surface area contributed by atoms with Crippen LogP contribution >= 0.6 is 11.6 Å². The normalized spacial score (nSPS) is 21.4. The van der Waals surface area contributed by atoms with Crippen LogP contribution in [0.15, 0.2) is 30.9 Å². The van der Waals surface area contributed by atoms with E-state index in [-0.39, 0.29) is 41.3 Å². The number of carbonyl (C=O) groups is 1. The number of piperazine rings is 1. The summed E-state index contributed by atoms with van der Waals surface area (Å²) >= 11 is 6.03. The molecule has 3 aliphatic heterocycles. The number of aromatic nitrogens is 2. The van der Waals surface area contributed by atoms with Crippen LogP contribution in [-0.2, 0) is 28.7 Å². The van der Waals surface area contributed by atoms with Gasteiger partial charge in [-0.2, -0.15) is 23.1 Å². The molecule has 228 valence electrons. The summed E-state index contributed by atoms with van der Waals surface area (Å²) in [5, 5.41) is -0.337. The van der Waals surface area contributed by atoms with Gasteiger partial charge in [-0.1, -0.05) is 31.2 Å². The van der Waals surface area contributed by atoms with Crippen LogP contribution in [0.5, 0.6) is 6.01 Å².